The molecule has 22 heavy (non-hydrogen) atoms. The van der Waals surface area contributed by atoms with E-state index >= 15 is 0 Å². The largest absolute Gasteiger partial charge is 0.452 e. The van der Waals surface area contributed by atoms with Gasteiger partial charge in [0.05, 0.1) is 12.4 Å². The molecular weight excluding hydrogens is 302 g/mol. The lowest BCUT2D eigenvalue weighted by Gasteiger charge is -2.13. The Morgan fingerprint density at radius 3 is 2.68 bits per heavy atom. The molecule has 1 N–H and O–H groups in total. The second-order valence-electron chi connectivity index (χ2n) is 4.97. The molecule has 0 saturated heterocycles. The summed E-state index contributed by atoms with van der Waals surface area (Å²) >= 11 is 1.41. The van der Waals surface area contributed by atoms with Crippen molar-refractivity contribution in [2.75, 3.05) is 26.0 Å². The fourth-order valence-corrected chi connectivity index (χ4v) is 2.59. The smallest absolute Gasteiger partial charge is 0.317 e. The molecule has 1 atom stereocenters. The summed E-state index contributed by atoms with van der Waals surface area (Å²) in [7, 11) is 1.56. The molecule has 0 heterocycles. The van der Waals surface area contributed by atoms with Crippen molar-refractivity contribution in [1.82, 2.24) is 5.32 Å². The Kier molecular flexibility index (Phi) is 7.98. The lowest BCUT2D eigenvalue weighted by molar-refractivity contribution is -0.152. The topological polar surface area (TPSA) is 64.6 Å². The van der Waals surface area contributed by atoms with Crippen LogP contribution in [-0.2, 0) is 19.1 Å². The third kappa shape index (κ3) is 6.49. The molecule has 1 rings (SSSR count). The van der Waals surface area contributed by atoms with Gasteiger partial charge in [-0.3, -0.25) is 9.59 Å². The number of carbonyl (C=O) groups is 2. The van der Waals surface area contributed by atoms with Crippen molar-refractivity contribution < 1.29 is 19.1 Å². The third-order valence-corrected chi connectivity index (χ3v) is 4.11. The number of esters is 1. The zero-order valence-electron chi connectivity index (χ0n) is 13.5. The highest BCUT2D eigenvalue weighted by Crippen LogP contribution is 2.23. The Morgan fingerprint density at radius 1 is 1.32 bits per heavy atom. The summed E-state index contributed by atoms with van der Waals surface area (Å²) in [6, 6.07) is 6.07. The SMILES string of the molecule is COCCNC(=O)[C@@H](C)OC(=O)CSc1ccc(C)cc1C. The van der Waals surface area contributed by atoms with Crippen molar-refractivity contribution in [1.29, 1.82) is 0 Å². The van der Waals surface area contributed by atoms with Crippen LogP contribution >= 0.6 is 11.8 Å². The number of benzene rings is 1. The molecule has 6 heteroatoms. The maximum Gasteiger partial charge on any atom is 0.317 e. The van der Waals surface area contributed by atoms with Gasteiger partial charge < -0.3 is 14.8 Å². The van der Waals surface area contributed by atoms with Gasteiger partial charge in [-0.15, -0.1) is 11.8 Å². The number of ether oxygens (including phenoxy) is 2. The Morgan fingerprint density at radius 2 is 2.05 bits per heavy atom. The van der Waals surface area contributed by atoms with E-state index in [0.717, 1.165) is 10.5 Å². The molecule has 0 aromatic heterocycles. The fraction of sp³-hybridized carbons (Fsp3) is 0.500. The minimum absolute atomic E-state index is 0.180. The Hall–Kier alpha value is -1.53. The van der Waals surface area contributed by atoms with Gasteiger partial charge in [-0.1, -0.05) is 17.7 Å². The molecule has 0 aliphatic heterocycles. The van der Waals surface area contributed by atoms with E-state index in [-0.39, 0.29) is 11.7 Å². The quantitative estimate of drug-likeness (QED) is 0.450. The van der Waals surface area contributed by atoms with E-state index in [9.17, 15) is 9.59 Å². The summed E-state index contributed by atoms with van der Waals surface area (Å²) in [5.74, 6) is -0.541. The van der Waals surface area contributed by atoms with Gasteiger partial charge in [-0.05, 0) is 32.4 Å². The van der Waals surface area contributed by atoms with Crippen molar-refractivity contribution in [3.63, 3.8) is 0 Å². The Bertz CT molecular complexity index is 519. The van der Waals surface area contributed by atoms with Crippen LogP contribution in [0.1, 0.15) is 18.1 Å². The van der Waals surface area contributed by atoms with Crippen LogP contribution in [-0.4, -0.2) is 44.0 Å². The number of carbonyl (C=O) groups excluding carboxylic acids is 2. The zero-order valence-corrected chi connectivity index (χ0v) is 14.3. The van der Waals surface area contributed by atoms with Gasteiger partial charge >= 0.3 is 5.97 Å². The molecule has 5 nitrogen and oxygen atoms in total. The minimum Gasteiger partial charge on any atom is -0.452 e. The Balaban J connectivity index is 2.37. The maximum absolute atomic E-state index is 11.8. The minimum atomic E-state index is -0.802. The number of hydrogen-bond donors (Lipinski definition) is 1. The number of nitrogens with one attached hydrogen (secondary N) is 1. The first-order valence-electron chi connectivity index (χ1n) is 7.10. The molecule has 1 amide bonds. The van der Waals surface area contributed by atoms with E-state index in [1.807, 2.05) is 26.0 Å². The van der Waals surface area contributed by atoms with Crippen LogP contribution in [0.2, 0.25) is 0 Å². The fourth-order valence-electron chi connectivity index (χ4n) is 1.80. The first kappa shape index (κ1) is 18.5. The van der Waals surface area contributed by atoms with Gasteiger partial charge in [0, 0.05) is 18.6 Å². The predicted molar refractivity (Wildman–Crippen MR) is 87.1 cm³/mol. The normalized spacial score (nSPS) is 11.8. The highest BCUT2D eigenvalue weighted by atomic mass is 32.2. The Labute approximate surface area is 135 Å². The van der Waals surface area contributed by atoms with Crippen LogP contribution in [0.25, 0.3) is 0 Å². The maximum atomic E-state index is 11.8. The lowest BCUT2D eigenvalue weighted by atomic mass is 10.2. The van der Waals surface area contributed by atoms with Crippen LogP contribution in [0.15, 0.2) is 23.1 Å². The summed E-state index contributed by atoms with van der Waals surface area (Å²) in [4.78, 5) is 24.5. The van der Waals surface area contributed by atoms with Gasteiger partial charge in [0.2, 0.25) is 0 Å². The number of rotatable bonds is 8. The van der Waals surface area contributed by atoms with Crippen LogP contribution in [0.3, 0.4) is 0 Å². The first-order chi connectivity index (χ1) is 10.4. The molecule has 0 aliphatic rings. The van der Waals surface area contributed by atoms with E-state index < -0.39 is 12.1 Å². The number of thioether (sulfide) groups is 1. The van der Waals surface area contributed by atoms with Crippen LogP contribution in [0.5, 0.6) is 0 Å². The van der Waals surface area contributed by atoms with E-state index in [1.165, 1.54) is 17.3 Å². The zero-order chi connectivity index (χ0) is 16.5. The summed E-state index contributed by atoms with van der Waals surface area (Å²) in [5.41, 5.74) is 2.31. The molecule has 0 saturated carbocycles. The van der Waals surface area contributed by atoms with Gasteiger partial charge in [-0.25, -0.2) is 0 Å². The van der Waals surface area contributed by atoms with E-state index in [4.69, 9.17) is 9.47 Å². The highest BCUT2D eigenvalue weighted by Gasteiger charge is 2.17. The van der Waals surface area contributed by atoms with E-state index in [0.29, 0.717) is 13.2 Å². The number of methoxy groups -OCH3 is 1. The third-order valence-electron chi connectivity index (χ3n) is 2.96. The second kappa shape index (κ2) is 9.48. The second-order valence-corrected chi connectivity index (χ2v) is 5.99. The van der Waals surface area contributed by atoms with Gasteiger partial charge in [0.1, 0.15) is 0 Å². The van der Waals surface area contributed by atoms with E-state index in [1.54, 1.807) is 14.0 Å². The van der Waals surface area contributed by atoms with Crippen molar-refractivity contribution in [2.45, 2.75) is 31.8 Å². The molecule has 122 valence electrons. The molecular formula is C16H23NO4S. The van der Waals surface area contributed by atoms with Crippen molar-refractivity contribution in [3.05, 3.63) is 29.3 Å². The standard InChI is InChI=1S/C16H23NO4S/c1-11-5-6-14(12(2)9-11)22-10-15(18)21-13(3)16(19)17-7-8-20-4/h5-6,9,13H,7-8,10H2,1-4H3,(H,17,19)/t13-/m1/s1. The van der Waals surface area contributed by atoms with Gasteiger partial charge in [0.15, 0.2) is 6.10 Å². The summed E-state index contributed by atoms with van der Waals surface area (Å²) < 4.78 is 9.95. The molecule has 0 radical (unpaired) electrons. The van der Waals surface area contributed by atoms with Crippen LogP contribution in [0.4, 0.5) is 0 Å². The van der Waals surface area contributed by atoms with Crippen molar-refractivity contribution in [2.24, 2.45) is 0 Å². The highest BCUT2D eigenvalue weighted by molar-refractivity contribution is 8.00. The van der Waals surface area contributed by atoms with Gasteiger partial charge in [0.25, 0.3) is 5.91 Å². The first-order valence-corrected chi connectivity index (χ1v) is 8.08. The van der Waals surface area contributed by atoms with Crippen LogP contribution < -0.4 is 5.32 Å². The molecule has 1 aromatic carbocycles. The number of amides is 1. The van der Waals surface area contributed by atoms with Crippen LogP contribution in [0, 0.1) is 13.8 Å². The molecule has 1 aromatic rings. The summed E-state index contributed by atoms with van der Waals surface area (Å²) in [6.45, 7) is 6.41. The summed E-state index contributed by atoms with van der Waals surface area (Å²) in [5, 5.41) is 2.63. The molecule has 0 fully saturated rings. The molecule has 0 unspecified atom stereocenters. The van der Waals surface area contributed by atoms with Crippen molar-refractivity contribution in [3.8, 4) is 0 Å². The van der Waals surface area contributed by atoms with Crippen molar-refractivity contribution >= 4 is 23.6 Å². The number of hydrogen-bond acceptors (Lipinski definition) is 5. The summed E-state index contributed by atoms with van der Waals surface area (Å²) in [6.07, 6.45) is -0.802. The number of aryl methyl sites for hydroxylation is 2. The van der Waals surface area contributed by atoms with E-state index in [2.05, 4.69) is 11.4 Å². The molecule has 0 bridgehead atoms. The molecule has 0 aliphatic carbocycles. The average Bonchev–Trinajstić information content (AvgIpc) is 2.46. The van der Waals surface area contributed by atoms with Gasteiger partial charge in [-0.2, -0.15) is 0 Å². The monoisotopic (exact) mass is 325 g/mol. The average molecular weight is 325 g/mol. The predicted octanol–water partition coefficient (Wildman–Crippen LogP) is 2.09. The lowest BCUT2D eigenvalue weighted by Crippen LogP contribution is -2.37. The molecule has 0 spiro atoms.